The maximum Gasteiger partial charge on any atom is 0.0991 e. The first-order valence-corrected chi connectivity index (χ1v) is 7.38. The number of hydrogen-bond acceptors (Lipinski definition) is 3. The minimum absolute atomic E-state index is 0.0534. The highest BCUT2D eigenvalue weighted by atomic mass is 16.5. The van der Waals surface area contributed by atoms with E-state index in [4.69, 9.17) is 4.74 Å². The van der Waals surface area contributed by atoms with Gasteiger partial charge in [0, 0.05) is 12.8 Å². The summed E-state index contributed by atoms with van der Waals surface area (Å²) in [6.45, 7) is 0.571. The van der Waals surface area contributed by atoms with Crippen molar-refractivity contribution in [2.75, 3.05) is 12.4 Å². The van der Waals surface area contributed by atoms with Crippen LogP contribution in [0.5, 0.6) is 0 Å². The zero-order chi connectivity index (χ0) is 14.7. The molecular formula is C18H21NO2. The van der Waals surface area contributed by atoms with Crippen molar-refractivity contribution >= 4 is 5.69 Å². The predicted octanol–water partition coefficient (Wildman–Crippen LogP) is 3.29. The lowest BCUT2D eigenvalue weighted by Gasteiger charge is -2.31. The van der Waals surface area contributed by atoms with Crippen molar-refractivity contribution in [1.29, 1.82) is 0 Å². The van der Waals surface area contributed by atoms with Gasteiger partial charge in [0.15, 0.2) is 0 Å². The summed E-state index contributed by atoms with van der Waals surface area (Å²) < 4.78 is 5.16. The Morgan fingerprint density at radius 2 is 2.10 bits per heavy atom. The number of anilines is 1. The van der Waals surface area contributed by atoms with E-state index >= 15 is 0 Å². The van der Waals surface area contributed by atoms with Crippen LogP contribution in [0.15, 0.2) is 48.5 Å². The third kappa shape index (κ3) is 3.09. The van der Waals surface area contributed by atoms with E-state index in [2.05, 4.69) is 23.5 Å². The number of fused-ring (bicyclic) bond motifs is 1. The quantitative estimate of drug-likeness (QED) is 0.904. The molecule has 2 aromatic carbocycles. The molecule has 2 atom stereocenters. The Bertz CT molecular complexity index is 612. The Morgan fingerprint density at radius 3 is 2.95 bits per heavy atom. The molecule has 0 saturated heterocycles. The van der Waals surface area contributed by atoms with Crippen molar-refractivity contribution in [2.45, 2.75) is 31.6 Å². The van der Waals surface area contributed by atoms with Gasteiger partial charge in [0.2, 0.25) is 0 Å². The van der Waals surface area contributed by atoms with Gasteiger partial charge in [-0.3, -0.25) is 0 Å². The highest BCUT2D eigenvalue weighted by Gasteiger charge is 2.25. The fraction of sp³-hybridized carbons (Fsp3) is 0.333. The third-order valence-corrected chi connectivity index (χ3v) is 4.07. The van der Waals surface area contributed by atoms with Crippen LogP contribution in [-0.2, 0) is 17.8 Å². The molecule has 3 heteroatoms. The first-order valence-electron chi connectivity index (χ1n) is 7.38. The van der Waals surface area contributed by atoms with E-state index in [-0.39, 0.29) is 6.04 Å². The monoisotopic (exact) mass is 283 g/mol. The van der Waals surface area contributed by atoms with Crippen molar-refractivity contribution < 1.29 is 9.84 Å². The van der Waals surface area contributed by atoms with Gasteiger partial charge in [-0.1, -0.05) is 42.5 Å². The van der Waals surface area contributed by atoms with E-state index in [1.54, 1.807) is 7.11 Å². The number of rotatable bonds is 4. The molecule has 0 fully saturated rings. The van der Waals surface area contributed by atoms with E-state index in [9.17, 15) is 5.11 Å². The standard InChI is InChI=1S/C18H21NO2/c1-21-12-13-5-4-7-15(11-13)18(20)17-10-9-14-6-2-3-8-16(14)19-17/h2-8,11,17-20H,9-10,12H2,1H3. The summed E-state index contributed by atoms with van der Waals surface area (Å²) in [6, 6.07) is 16.4. The number of benzene rings is 2. The molecule has 2 N–H and O–H groups in total. The summed E-state index contributed by atoms with van der Waals surface area (Å²) >= 11 is 0. The number of para-hydroxylation sites is 1. The molecular weight excluding hydrogens is 262 g/mol. The molecule has 0 saturated carbocycles. The van der Waals surface area contributed by atoms with Gasteiger partial charge in [-0.25, -0.2) is 0 Å². The molecule has 0 aromatic heterocycles. The van der Waals surface area contributed by atoms with Gasteiger partial charge < -0.3 is 15.2 Å². The number of aliphatic hydroxyl groups excluding tert-OH is 1. The van der Waals surface area contributed by atoms with E-state index in [1.165, 1.54) is 5.56 Å². The van der Waals surface area contributed by atoms with Gasteiger partial charge in [-0.05, 0) is 35.6 Å². The zero-order valence-electron chi connectivity index (χ0n) is 12.3. The smallest absolute Gasteiger partial charge is 0.0991 e. The molecule has 0 amide bonds. The van der Waals surface area contributed by atoms with Crippen molar-refractivity contribution in [3.05, 3.63) is 65.2 Å². The maximum atomic E-state index is 10.7. The van der Waals surface area contributed by atoms with Gasteiger partial charge in [0.05, 0.1) is 18.8 Å². The average molecular weight is 283 g/mol. The van der Waals surface area contributed by atoms with E-state index in [0.717, 1.165) is 29.7 Å². The SMILES string of the molecule is COCc1cccc(C(O)C2CCc3ccccc3N2)c1. The largest absolute Gasteiger partial charge is 0.386 e. The molecule has 1 aliphatic heterocycles. The highest BCUT2D eigenvalue weighted by molar-refractivity contribution is 5.54. The van der Waals surface area contributed by atoms with Crippen LogP contribution < -0.4 is 5.32 Å². The summed E-state index contributed by atoms with van der Waals surface area (Å²) in [5.74, 6) is 0. The summed E-state index contributed by atoms with van der Waals surface area (Å²) in [5, 5.41) is 14.1. The van der Waals surface area contributed by atoms with Crippen LogP contribution in [0, 0.1) is 0 Å². The molecule has 110 valence electrons. The fourth-order valence-corrected chi connectivity index (χ4v) is 2.96. The molecule has 0 spiro atoms. The number of aliphatic hydroxyl groups is 1. The lowest BCUT2D eigenvalue weighted by atomic mass is 9.91. The molecule has 2 aromatic rings. The second-order valence-corrected chi connectivity index (χ2v) is 5.57. The lowest BCUT2D eigenvalue weighted by molar-refractivity contribution is 0.148. The van der Waals surface area contributed by atoms with Gasteiger partial charge in [0.1, 0.15) is 0 Å². The summed E-state index contributed by atoms with van der Waals surface area (Å²) in [6.07, 6.45) is 1.44. The highest BCUT2D eigenvalue weighted by Crippen LogP contribution is 2.30. The van der Waals surface area contributed by atoms with Crippen LogP contribution in [0.25, 0.3) is 0 Å². The Kier molecular flexibility index (Phi) is 4.23. The number of aryl methyl sites for hydroxylation is 1. The molecule has 3 nitrogen and oxygen atoms in total. The maximum absolute atomic E-state index is 10.7. The summed E-state index contributed by atoms with van der Waals surface area (Å²) in [7, 11) is 1.68. The molecule has 21 heavy (non-hydrogen) atoms. The van der Waals surface area contributed by atoms with Gasteiger partial charge in [-0.15, -0.1) is 0 Å². The van der Waals surface area contributed by atoms with Crippen LogP contribution in [0.3, 0.4) is 0 Å². The first-order chi connectivity index (χ1) is 10.3. The fourth-order valence-electron chi connectivity index (χ4n) is 2.96. The van der Waals surface area contributed by atoms with Gasteiger partial charge in [0.25, 0.3) is 0 Å². The van der Waals surface area contributed by atoms with Crippen LogP contribution in [0.2, 0.25) is 0 Å². The average Bonchev–Trinajstić information content (AvgIpc) is 2.54. The summed E-state index contributed by atoms with van der Waals surface area (Å²) in [5.41, 5.74) is 4.50. The second kappa shape index (κ2) is 6.29. The van der Waals surface area contributed by atoms with Crippen molar-refractivity contribution in [3.63, 3.8) is 0 Å². The van der Waals surface area contributed by atoms with Crippen molar-refractivity contribution in [2.24, 2.45) is 0 Å². The Morgan fingerprint density at radius 1 is 1.24 bits per heavy atom. The van der Waals surface area contributed by atoms with Gasteiger partial charge >= 0.3 is 0 Å². The Hall–Kier alpha value is -1.84. The molecule has 1 heterocycles. The Balaban J connectivity index is 1.77. The van der Waals surface area contributed by atoms with Crippen molar-refractivity contribution in [3.8, 4) is 0 Å². The number of methoxy groups -OCH3 is 1. The van der Waals surface area contributed by atoms with Crippen molar-refractivity contribution in [1.82, 2.24) is 0 Å². The minimum atomic E-state index is -0.504. The third-order valence-electron chi connectivity index (χ3n) is 4.07. The van der Waals surface area contributed by atoms with Crippen LogP contribution in [-0.4, -0.2) is 18.3 Å². The summed E-state index contributed by atoms with van der Waals surface area (Å²) in [4.78, 5) is 0. The molecule has 0 aliphatic carbocycles. The lowest BCUT2D eigenvalue weighted by Crippen LogP contribution is -2.31. The number of nitrogens with one attached hydrogen (secondary N) is 1. The van der Waals surface area contributed by atoms with Gasteiger partial charge in [-0.2, -0.15) is 0 Å². The molecule has 2 unspecified atom stereocenters. The molecule has 0 radical (unpaired) electrons. The molecule has 0 bridgehead atoms. The predicted molar refractivity (Wildman–Crippen MR) is 84.3 cm³/mol. The first kappa shape index (κ1) is 14.1. The molecule has 3 rings (SSSR count). The van der Waals surface area contributed by atoms with Crippen LogP contribution in [0.4, 0.5) is 5.69 Å². The zero-order valence-corrected chi connectivity index (χ0v) is 12.3. The Labute approximate surface area is 125 Å². The van der Waals surface area contributed by atoms with E-state index in [1.807, 2.05) is 30.3 Å². The van der Waals surface area contributed by atoms with Crippen LogP contribution >= 0.6 is 0 Å². The normalized spacial score (nSPS) is 18.7. The molecule has 1 aliphatic rings. The number of ether oxygens (including phenoxy) is 1. The van der Waals surface area contributed by atoms with Crippen LogP contribution in [0.1, 0.15) is 29.2 Å². The minimum Gasteiger partial charge on any atom is -0.386 e. The topological polar surface area (TPSA) is 41.5 Å². The number of hydrogen-bond donors (Lipinski definition) is 2. The second-order valence-electron chi connectivity index (χ2n) is 5.57. The van der Waals surface area contributed by atoms with E-state index < -0.39 is 6.10 Å². The van der Waals surface area contributed by atoms with E-state index in [0.29, 0.717) is 6.61 Å².